The molecule has 0 unspecified atom stereocenters. The van der Waals surface area contributed by atoms with Crippen LogP contribution in [0.2, 0.25) is 10.2 Å². The molecule has 94 valence electrons. The van der Waals surface area contributed by atoms with E-state index in [1.54, 1.807) is 0 Å². The summed E-state index contributed by atoms with van der Waals surface area (Å²) < 4.78 is 0. The first-order chi connectivity index (χ1) is 8.15. The van der Waals surface area contributed by atoms with Crippen molar-refractivity contribution in [3.63, 3.8) is 0 Å². The summed E-state index contributed by atoms with van der Waals surface area (Å²) in [5.74, 6) is -0.261. The van der Waals surface area contributed by atoms with E-state index in [0.717, 1.165) is 19.3 Å². The summed E-state index contributed by atoms with van der Waals surface area (Å²) in [5.41, 5.74) is 0.328. The highest BCUT2D eigenvalue weighted by Crippen LogP contribution is 2.17. The molecule has 0 bridgehead atoms. The molecule has 0 atom stereocenters. The van der Waals surface area contributed by atoms with Crippen LogP contribution in [0.15, 0.2) is 12.3 Å². The van der Waals surface area contributed by atoms with Gasteiger partial charge in [-0.25, -0.2) is 4.98 Å². The maximum absolute atomic E-state index is 11.7. The highest BCUT2D eigenvalue weighted by molar-refractivity contribution is 6.35. The summed E-state index contributed by atoms with van der Waals surface area (Å²) >= 11 is 11.5. The molecular formula is C11H14Cl2N2O2. The Morgan fingerprint density at radius 3 is 2.82 bits per heavy atom. The van der Waals surface area contributed by atoms with Crippen LogP contribution in [0.1, 0.15) is 29.6 Å². The number of amides is 1. The molecule has 1 rings (SSSR count). The molecule has 0 spiro atoms. The largest absolute Gasteiger partial charge is 0.396 e. The van der Waals surface area contributed by atoms with E-state index in [9.17, 15) is 4.79 Å². The number of aliphatic hydroxyl groups is 1. The number of carbonyl (C=O) groups excluding carboxylic acids is 1. The summed E-state index contributed by atoms with van der Waals surface area (Å²) in [4.78, 5) is 15.5. The second kappa shape index (κ2) is 7.48. The van der Waals surface area contributed by atoms with Crippen molar-refractivity contribution in [2.45, 2.75) is 19.3 Å². The SMILES string of the molecule is O=C(NCCCCCO)c1cc(Cl)ncc1Cl. The molecule has 6 heteroatoms. The van der Waals surface area contributed by atoms with Crippen LogP contribution in [0.25, 0.3) is 0 Å². The third kappa shape index (κ3) is 4.89. The normalized spacial score (nSPS) is 10.3. The lowest BCUT2D eigenvalue weighted by Crippen LogP contribution is -2.24. The second-order valence-corrected chi connectivity index (χ2v) is 4.32. The zero-order valence-corrected chi connectivity index (χ0v) is 10.8. The molecule has 1 heterocycles. The van der Waals surface area contributed by atoms with E-state index in [1.165, 1.54) is 12.3 Å². The van der Waals surface area contributed by atoms with E-state index < -0.39 is 0 Å². The number of rotatable bonds is 6. The monoisotopic (exact) mass is 276 g/mol. The molecule has 0 saturated heterocycles. The topological polar surface area (TPSA) is 62.2 Å². The minimum Gasteiger partial charge on any atom is -0.396 e. The summed E-state index contributed by atoms with van der Waals surface area (Å²) in [7, 11) is 0. The molecule has 0 aliphatic carbocycles. The van der Waals surface area contributed by atoms with Gasteiger partial charge in [0.15, 0.2) is 0 Å². The summed E-state index contributed by atoms with van der Waals surface area (Å²) in [6, 6.07) is 1.44. The van der Waals surface area contributed by atoms with Crippen LogP contribution >= 0.6 is 23.2 Å². The van der Waals surface area contributed by atoms with Gasteiger partial charge in [-0.3, -0.25) is 4.79 Å². The lowest BCUT2D eigenvalue weighted by Gasteiger charge is -2.06. The fourth-order valence-electron chi connectivity index (χ4n) is 1.30. The lowest BCUT2D eigenvalue weighted by molar-refractivity contribution is 0.0953. The predicted molar refractivity (Wildman–Crippen MR) is 67.5 cm³/mol. The Kier molecular flexibility index (Phi) is 6.26. The number of unbranched alkanes of at least 4 members (excludes halogenated alkanes) is 2. The van der Waals surface area contributed by atoms with E-state index in [1.807, 2.05) is 0 Å². The molecule has 1 amide bonds. The first-order valence-electron chi connectivity index (χ1n) is 5.35. The van der Waals surface area contributed by atoms with Crippen molar-refractivity contribution >= 4 is 29.1 Å². The zero-order valence-electron chi connectivity index (χ0n) is 9.25. The van der Waals surface area contributed by atoms with E-state index in [2.05, 4.69) is 10.3 Å². The summed E-state index contributed by atoms with van der Waals surface area (Å²) in [6.45, 7) is 0.731. The number of nitrogens with zero attached hydrogens (tertiary/aromatic N) is 1. The first-order valence-corrected chi connectivity index (χ1v) is 6.11. The van der Waals surface area contributed by atoms with Gasteiger partial charge in [-0.1, -0.05) is 23.2 Å². The van der Waals surface area contributed by atoms with Crippen molar-refractivity contribution in [1.29, 1.82) is 0 Å². The second-order valence-electron chi connectivity index (χ2n) is 3.53. The van der Waals surface area contributed by atoms with Crippen LogP contribution in [-0.2, 0) is 0 Å². The maximum Gasteiger partial charge on any atom is 0.252 e. The van der Waals surface area contributed by atoms with Crippen molar-refractivity contribution in [2.24, 2.45) is 0 Å². The number of nitrogens with one attached hydrogen (secondary N) is 1. The van der Waals surface area contributed by atoms with E-state index in [-0.39, 0.29) is 22.7 Å². The molecule has 0 radical (unpaired) electrons. The summed E-state index contributed by atoms with van der Waals surface area (Å²) in [5, 5.41) is 11.8. The fraction of sp³-hybridized carbons (Fsp3) is 0.455. The van der Waals surface area contributed by atoms with Crippen LogP contribution in [0.3, 0.4) is 0 Å². The molecule has 1 aromatic rings. The number of halogens is 2. The predicted octanol–water partition coefficient (Wildman–Crippen LogP) is 2.28. The van der Waals surface area contributed by atoms with Crippen molar-refractivity contribution in [2.75, 3.05) is 13.2 Å². The fourth-order valence-corrected chi connectivity index (χ4v) is 1.65. The van der Waals surface area contributed by atoms with Gasteiger partial charge in [-0.05, 0) is 25.3 Å². The van der Waals surface area contributed by atoms with Crippen LogP contribution in [-0.4, -0.2) is 29.1 Å². The molecule has 0 aromatic carbocycles. The zero-order chi connectivity index (χ0) is 12.7. The van der Waals surface area contributed by atoms with Crippen LogP contribution in [0, 0.1) is 0 Å². The molecule has 17 heavy (non-hydrogen) atoms. The minimum atomic E-state index is -0.261. The molecule has 0 fully saturated rings. The molecule has 1 aromatic heterocycles. The molecule has 2 N–H and O–H groups in total. The third-order valence-corrected chi connectivity index (χ3v) is 2.69. The quantitative estimate of drug-likeness (QED) is 0.619. The number of carbonyl (C=O) groups is 1. The Morgan fingerprint density at radius 1 is 1.35 bits per heavy atom. The Labute approximate surface area is 110 Å². The first kappa shape index (κ1) is 14.2. The molecule has 0 saturated carbocycles. The Hall–Kier alpha value is -0.840. The van der Waals surface area contributed by atoms with Gasteiger partial charge in [0.2, 0.25) is 0 Å². The van der Waals surface area contributed by atoms with E-state index in [0.29, 0.717) is 12.1 Å². The Morgan fingerprint density at radius 2 is 2.12 bits per heavy atom. The lowest BCUT2D eigenvalue weighted by atomic mass is 10.2. The molecule has 0 aliphatic rings. The van der Waals surface area contributed by atoms with Crippen LogP contribution < -0.4 is 5.32 Å². The smallest absolute Gasteiger partial charge is 0.252 e. The van der Waals surface area contributed by atoms with E-state index >= 15 is 0 Å². The van der Waals surface area contributed by atoms with Gasteiger partial charge in [-0.2, -0.15) is 0 Å². The standard InChI is InChI=1S/C11H14Cl2N2O2/c12-9-7-15-10(13)6-8(9)11(17)14-4-2-1-3-5-16/h6-7,16H,1-5H2,(H,14,17). The Balaban J connectivity index is 2.44. The van der Waals surface area contributed by atoms with E-state index in [4.69, 9.17) is 28.3 Å². The third-order valence-electron chi connectivity index (χ3n) is 2.19. The molecular weight excluding hydrogens is 263 g/mol. The van der Waals surface area contributed by atoms with Gasteiger partial charge in [-0.15, -0.1) is 0 Å². The van der Waals surface area contributed by atoms with Gasteiger partial charge in [0.1, 0.15) is 5.15 Å². The number of pyridine rings is 1. The average Bonchev–Trinajstić information content (AvgIpc) is 2.32. The minimum absolute atomic E-state index is 0.180. The highest BCUT2D eigenvalue weighted by atomic mass is 35.5. The summed E-state index contributed by atoms with van der Waals surface area (Å²) in [6.07, 6.45) is 3.80. The Bertz CT molecular complexity index is 386. The van der Waals surface area contributed by atoms with Gasteiger partial charge in [0.25, 0.3) is 5.91 Å². The highest BCUT2D eigenvalue weighted by Gasteiger charge is 2.10. The molecule has 0 aliphatic heterocycles. The van der Waals surface area contributed by atoms with Crippen molar-refractivity contribution in [3.8, 4) is 0 Å². The number of aromatic nitrogens is 1. The number of aliphatic hydroxyl groups excluding tert-OH is 1. The van der Waals surface area contributed by atoms with Crippen molar-refractivity contribution < 1.29 is 9.90 Å². The maximum atomic E-state index is 11.7. The van der Waals surface area contributed by atoms with Crippen molar-refractivity contribution in [1.82, 2.24) is 10.3 Å². The van der Waals surface area contributed by atoms with Crippen LogP contribution in [0.4, 0.5) is 0 Å². The van der Waals surface area contributed by atoms with Crippen LogP contribution in [0.5, 0.6) is 0 Å². The van der Waals surface area contributed by atoms with Crippen molar-refractivity contribution in [3.05, 3.63) is 28.0 Å². The average molecular weight is 277 g/mol. The van der Waals surface area contributed by atoms with Gasteiger partial charge in [0, 0.05) is 19.3 Å². The van der Waals surface area contributed by atoms with Gasteiger partial charge >= 0.3 is 0 Å². The number of hydrogen-bond acceptors (Lipinski definition) is 3. The van der Waals surface area contributed by atoms with Gasteiger partial charge < -0.3 is 10.4 Å². The number of hydrogen-bond donors (Lipinski definition) is 2. The molecule has 4 nitrogen and oxygen atoms in total. The van der Waals surface area contributed by atoms with Gasteiger partial charge in [0.05, 0.1) is 10.6 Å².